The Morgan fingerprint density at radius 2 is 1.71 bits per heavy atom. The lowest BCUT2D eigenvalue weighted by Gasteiger charge is -2.08. The summed E-state index contributed by atoms with van der Waals surface area (Å²) in [7, 11) is 1.93. The molecule has 5 nitrogen and oxygen atoms in total. The van der Waals surface area contributed by atoms with Gasteiger partial charge in [-0.05, 0) is 26.0 Å². The molecule has 0 radical (unpaired) electrons. The Labute approximate surface area is 98.8 Å². The van der Waals surface area contributed by atoms with Gasteiger partial charge in [-0.3, -0.25) is 0 Å². The van der Waals surface area contributed by atoms with Crippen molar-refractivity contribution < 1.29 is 0 Å². The van der Waals surface area contributed by atoms with Crippen LogP contribution in [0.15, 0.2) is 24.8 Å². The van der Waals surface area contributed by atoms with Crippen LogP contribution in [0.5, 0.6) is 0 Å². The maximum atomic E-state index is 4.37. The first-order valence-electron chi connectivity index (χ1n) is 5.46. The molecular weight excluding hydrogens is 214 g/mol. The molecule has 0 saturated carbocycles. The van der Waals surface area contributed by atoms with E-state index >= 15 is 0 Å². The van der Waals surface area contributed by atoms with Crippen LogP contribution in [0.2, 0.25) is 0 Å². The molecule has 0 N–H and O–H groups in total. The number of hydrogen-bond acceptors (Lipinski definition) is 3. The molecule has 0 fully saturated rings. The van der Waals surface area contributed by atoms with Crippen LogP contribution in [0.4, 0.5) is 0 Å². The van der Waals surface area contributed by atoms with Gasteiger partial charge in [0.05, 0.1) is 6.33 Å². The fourth-order valence-corrected chi connectivity index (χ4v) is 2.10. The van der Waals surface area contributed by atoms with E-state index in [2.05, 4.69) is 45.5 Å². The van der Waals surface area contributed by atoms with Gasteiger partial charge in [-0.25, -0.2) is 15.0 Å². The van der Waals surface area contributed by atoms with Crippen LogP contribution < -0.4 is 0 Å². The molecule has 0 aliphatic heterocycles. The second-order valence-electron chi connectivity index (χ2n) is 4.18. The summed E-state index contributed by atoms with van der Waals surface area (Å²) in [6, 6.07) is 4.15. The van der Waals surface area contributed by atoms with Crippen molar-refractivity contribution in [2.24, 2.45) is 7.05 Å². The van der Waals surface area contributed by atoms with E-state index in [1.807, 2.05) is 11.6 Å². The van der Waals surface area contributed by atoms with Crippen LogP contribution in [-0.4, -0.2) is 24.1 Å². The summed E-state index contributed by atoms with van der Waals surface area (Å²) in [5, 5.41) is 0. The average molecular weight is 227 g/mol. The zero-order valence-corrected chi connectivity index (χ0v) is 10.0. The Balaban J connectivity index is 2.38. The predicted octanol–water partition coefficient (Wildman–Crippen LogP) is 1.77. The molecule has 0 aliphatic rings. The van der Waals surface area contributed by atoms with Gasteiger partial charge in [0.15, 0.2) is 17.0 Å². The number of imidazole rings is 1. The topological polar surface area (TPSA) is 48.5 Å². The fourth-order valence-electron chi connectivity index (χ4n) is 2.10. The molecule has 0 saturated heterocycles. The van der Waals surface area contributed by atoms with E-state index in [-0.39, 0.29) is 0 Å². The molecule has 0 unspecified atom stereocenters. The molecule has 0 aliphatic carbocycles. The maximum absolute atomic E-state index is 4.37. The molecule has 17 heavy (non-hydrogen) atoms. The molecule has 3 rings (SSSR count). The Hall–Kier alpha value is -2.17. The Kier molecular flexibility index (Phi) is 2.01. The smallest absolute Gasteiger partial charge is 0.168 e. The lowest BCUT2D eigenvalue weighted by atomic mass is 10.4. The highest BCUT2D eigenvalue weighted by molar-refractivity contribution is 5.78. The van der Waals surface area contributed by atoms with Gasteiger partial charge >= 0.3 is 0 Å². The second kappa shape index (κ2) is 3.41. The SMILES string of the molecule is Cc1ccc(C)n1-c1ncnc2c1ncn2C. The summed E-state index contributed by atoms with van der Waals surface area (Å²) in [5.74, 6) is 0.843. The molecule has 3 aromatic rings. The molecule has 0 atom stereocenters. The third-order valence-corrected chi connectivity index (χ3v) is 2.96. The van der Waals surface area contributed by atoms with Gasteiger partial charge in [0.25, 0.3) is 0 Å². The van der Waals surface area contributed by atoms with E-state index in [1.54, 1.807) is 12.7 Å². The lowest BCUT2D eigenvalue weighted by molar-refractivity contribution is 0.909. The molecule has 5 heteroatoms. The molecule has 0 spiro atoms. The standard InChI is InChI=1S/C12H13N5/c1-8-4-5-9(2)17(8)12-10-11(13-6-14-12)16(3)7-15-10/h4-7H,1-3H3. The minimum absolute atomic E-state index is 0.831. The largest absolute Gasteiger partial charge is 0.318 e. The van der Waals surface area contributed by atoms with E-state index in [9.17, 15) is 0 Å². The lowest BCUT2D eigenvalue weighted by Crippen LogP contribution is -2.03. The minimum Gasteiger partial charge on any atom is -0.318 e. The normalized spacial score (nSPS) is 11.2. The molecule has 0 amide bonds. The van der Waals surface area contributed by atoms with E-state index in [0.29, 0.717) is 0 Å². The van der Waals surface area contributed by atoms with Crippen molar-refractivity contribution in [3.05, 3.63) is 36.2 Å². The summed E-state index contributed by atoms with van der Waals surface area (Å²) in [6.45, 7) is 4.12. The number of nitrogens with zero attached hydrogens (tertiary/aromatic N) is 5. The first-order chi connectivity index (χ1) is 8.18. The van der Waals surface area contributed by atoms with Gasteiger partial charge in [-0.15, -0.1) is 0 Å². The van der Waals surface area contributed by atoms with Crippen LogP contribution in [0.25, 0.3) is 17.0 Å². The van der Waals surface area contributed by atoms with Crippen molar-refractivity contribution in [2.45, 2.75) is 13.8 Å². The van der Waals surface area contributed by atoms with E-state index in [4.69, 9.17) is 0 Å². The average Bonchev–Trinajstić information content (AvgIpc) is 2.84. The van der Waals surface area contributed by atoms with Crippen molar-refractivity contribution in [3.8, 4) is 5.82 Å². The Bertz CT molecular complexity index is 673. The first kappa shape index (κ1) is 10.0. The second-order valence-corrected chi connectivity index (χ2v) is 4.18. The quantitative estimate of drug-likeness (QED) is 0.636. The Morgan fingerprint density at radius 3 is 2.41 bits per heavy atom. The molecule has 3 heterocycles. The van der Waals surface area contributed by atoms with Gasteiger partial charge in [0.2, 0.25) is 0 Å². The third-order valence-electron chi connectivity index (χ3n) is 2.96. The van der Waals surface area contributed by atoms with Crippen LogP contribution in [-0.2, 0) is 7.05 Å². The molecule has 0 aromatic carbocycles. The van der Waals surface area contributed by atoms with Gasteiger partial charge in [-0.2, -0.15) is 0 Å². The predicted molar refractivity (Wildman–Crippen MR) is 65.1 cm³/mol. The highest BCUT2D eigenvalue weighted by atomic mass is 15.2. The monoisotopic (exact) mass is 227 g/mol. The first-order valence-corrected chi connectivity index (χ1v) is 5.46. The third kappa shape index (κ3) is 1.35. The van der Waals surface area contributed by atoms with Gasteiger partial charge in [0.1, 0.15) is 6.33 Å². The molecular formula is C12H13N5. The van der Waals surface area contributed by atoms with Crippen molar-refractivity contribution in [1.82, 2.24) is 24.1 Å². The van der Waals surface area contributed by atoms with Crippen molar-refractivity contribution in [2.75, 3.05) is 0 Å². The summed E-state index contributed by atoms with van der Waals surface area (Å²) in [4.78, 5) is 13.0. The van der Waals surface area contributed by atoms with Crippen LogP contribution in [0, 0.1) is 13.8 Å². The van der Waals surface area contributed by atoms with Gasteiger partial charge in [0, 0.05) is 18.4 Å². The maximum Gasteiger partial charge on any atom is 0.168 e. The summed E-state index contributed by atoms with van der Waals surface area (Å²) < 4.78 is 3.99. The zero-order valence-electron chi connectivity index (χ0n) is 10.0. The molecule has 3 aromatic heterocycles. The van der Waals surface area contributed by atoms with Gasteiger partial charge < -0.3 is 9.13 Å². The highest BCUT2D eigenvalue weighted by Crippen LogP contribution is 2.20. The zero-order chi connectivity index (χ0) is 12.0. The van der Waals surface area contributed by atoms with Crippen molar-refractivity contribution >= 4 is 11.2 Å². The Morgan fingerprint density at radius 1 is 1.00 bits per heavy atom. The molecule has 86 valence electrons. The number of fused-ring (bicyclic) bond motifs is 1. The number of hydrogen-bond donors (Lipinski definition) is 0. The van der Waals surface area contributed by atoms with Crippen molar-refractivity contribution in [1.29, 1.82) is 0 Å². The number of rotatable bonds is 1. The van der Waals surface area contributed by atoms with E-state index < -0.39 is 0 Å². The fraction of sp³-hybridized carbons (Fsp3) is 0.250. The van der Waals surface area contributed by atoms with Crippen molar-refractivity contribution in [3.63, 3.8) is 0 Å². The summed E-state index contributed by atoms with van der Waals surface area (Å²) in [5.41, 5.74) is 3.97. The molecule has 0 bridgehead atoms. The van der Waals surface area contributed by atoms with E-state index in [0.717, 1.165) is 28.4 Å². The number of aromatic nitrogens is 5. The van der Waals surface area contributed by atoms with Crippen LogP contribution >= 0.6 is 0 Å². The van der Waals surface area contributed by atoms with Gasteiger partial charge in [-0.1, -0.05) is 0 Å². The minimum atomic E-state index is 0.831. The van der Waals surface area contributed by atoms with Crippen LogP contribution in [0.1, 0.15) is 11.4 Å². The van der Waals surface area contributed by atoms with E-state index in [1.165, 1.54) is 0 Å². The van der Waals surface area contributed by atoms with Crippen LogP contribution in [0.3, 0.4) is 0 Å². The summed E-state index contributed by atoms with van der Waals surface area (Å²) >= 11 is 0. The summed E-state index contributed by atoms with van der Waals surface area (Å²) in [6.07, 6.45) is 3.34. The number of aryl methyl sites for hydroxylation is 3. The highest BCUT2D eigenvalue weighted by Gasteiger charge is 2.12.